The monoisotopic (exact) mass is 290 g/mol. The molecule has 0 aliphatic heterocycles. The first-order valence-electron chi connectivity index (χ1n) is 6.47. The number of nitrogens with two attached hydrogens (primary N) is 1. The quantitative estimate of drug-likeness (QED) is 0.383. The fraction of sp³-hybridized carbons (Fsp3) is 0.200. The summed E-state index contributed by atoms with van der Waals surface area (Å²) in [6, 6.07) is 10.8. The maximum atomic E-state index is 13.0. The molecule has 0 heterocycles. The van der Waals surface area contributed by atoms with Crippen molar-refractivity contribution in [3.63, 3.8) is 0 Å². The van der Waals surface area contributed by atoms with E-state index in [0.717, 1.165) is 24.1 Å². The van der Waals surface area contributed by atoms with E-state index in [1.807, 2.05) is 24.3 Å². The van der Waals surface area contributed by atoms with Crippen molar-refractivity contribution in [3.05, 3.63) is 64.0 Å². The van der Waals surface area contributed by atoms with E-state index in [-0.39, 0.29) is 11.4 Å². The number of hydrogen-bond donors (Lipinski definition) is 1. The van der Waals surface area contributed by atoms with Gasteiger partial charge in [0, 0.05) is 5.69 Å². The summed E-state index contributed by atoms with van der Waals surface area (Å²) in [4.78, 5) is 10.2. The van der Waals surface area contributed by atoms with Crippen molar-refractivity contribution in [2.24, 2.45) is 0 Å². The van der Waals surface area contributed by atoms with Crippen molar-refractivity contribution < 1.29 is 14.1 Å². The Hall–Kier alpha value is -2.63. The van der Waals surface area contributed by atoms with Crippen molar-refractivity contribution in [2.75, 3.05) is 12.3 Å². The van der Waals surface area contributed by atoms with E-state index in [1.54, 1.807) is 0 Å². The molecule has 21 heavy (non-hydrogen) atoms. The van der Waals surface area contributed by atoms with Gasteiger partial charge in [-0.15, -0.1) is 0 Å². The van der Waals surface area contributed by atoms with Gasteiger partial charge in [-0.3, -0.25) is 10.1 Å². The topological polar surface area (TPSA) is 78.4 Å². The number of halogens is 1. The second-order valence-electron chi connectivity index (χ2n) is 4.56. The number of nitro groups is 1. The Bertz CT molecular complexity index is 629. The molecule has 2 aromatic carbocycles. The lowest BCUT2D eigenvalue weighted by Gasteiger charge is -2.07. The van der Waals surface area contributed by atoms with Gasteiger partial charge in [-0.2, -0.15) is 0 Å². The van der Waals surface area contributed by atoms with E-state index in [4.69, 9.17) is 10.5 Å². The summed E-state index contributed by atoms with van der Waals surface area (Å²) in [5.74, 6) is -0.574. The number of rotatable bonds is 6. The van der Waals surface area contributed by atoms with Crippen LogP contribution in [0.25, 0.3) is 0 Å². The van der Waals surface area contributed by atoms with Crippen LogP contribution in [0.4, 0.5) is 15.8 Å². The summed E-state index contributed by atoms with van der Waals surface area (Å²) < 4.78 is 18.3. The number of aryl methyl sites for hydroxylation is 1. The lowest BCUT2D eigenvalue weighted by atomic mass is 10.1. The summed E-state index contributed by atoms with van der Waals surface area (Å²) in [5, 5.41) is 10.8. The van der Waals surface area contributed by atoms with Crippen LogP contribution in [0.5, 0.6) is 5.75 Å². The Balaban J connectivity index is 1.89. The van der Waals surface area contributed by atoms with E-state index in [1.165, 1.54) is 6.07 Å². The zero-order valence-electron chi connectivity index (χ0n) is 11.3. The smallest absolute Gasteiger partial charge is 0.313 e. The Morgan fingerprint density at radius 1 is 1.19 bits per heavy atom. The second-order valence-corrected chi connectivity index (χ2v) is 4.56. The zero-order valence-corrected chi connectivity index (χ0v) is 11.3. The third-order valence-electron chi connectivity index (χ3n) is 2.96. The van der Waals surface area contributed by atoms with Crippen molar-refractivity contribution in [3.8, 4) is 5.75 Å². The number of hydrogen-bond acceptors (Lipinski definition) is 4. The fourth-order valence-electron chi connectivity index (χ4n) is 1.90. The number of nitro benzene ring substituents is 1. The van der Waals surface area contributed by atoms with Crippen LogP contribution >= 0.6 is 0 Å². The maximum absolute atomic E-state index is 13.0. The first-order chi connectivity index (χ1) is 10.1. The molecular formula is C15H15FN2O3. The Morgan fingerprint density at radius 3 is 2.57 bits per heavy atom. The van der Waals surface area contributed by atoms with Gasteiger partial charge >= 0.3 is 5.69 Å². The molecular weight excluding hydrogens is 275 g/mol. The Labute approximate surface area is 121 Å². The van der Waals surface area contributed by atoms with E-state index in [0.29, 0.717) is 18.7 Å². The molecule has 0 aromatic heterocycles. The third kappa shape index (κ3) is 4.17. The normalized spacial score (nSPS) is 10.3. The highest BCUT2D eigenvalue weighted by Gasteiger charge is 2.15. The van der Waals surface area contributed by atoms with E-state index < -0.39 is 10.7 Å². The first-order valence-corrected chi connectivity index (χ1v) is 6.47. The first kappa shape index (κ1) is 14.8. The van der Waals surface area contributed by atoms with Crippen LogP contribution in [0.2, 0.25) is 0 Å². The average molecular weight is 290 g/mol. The predicted molar refractivity (Wildman–Crippen MR) is 77.7 cm³/mol. The molecule has 110 valence electrons. The minimum absolute atomic E-state index is 0.0821. The van der Waals surface area contributed by atoms with Crippen LogP contribution in [0, 0.1) is 15.9 Å². The van der Waals surface area contributed by atoms with Gasteiger partial charge in [-0.05, 0) is 42.7 Å². The molecule has 0 aliphatic carbocycles. The molecule has 5 nitrogen and oxygen atoms in total. The molecule has 0 fully saturated rings. The second kappa shape index (κ2) is 6.69. The standard InChI is InChI=1S/C15H15FN2O3/c16-12-5-8-15(14(10-12)18(19)20)21-9-1-2-11-3-6-13(17)7-4-11/h3-8,10H,1-2,9,17H2. The SMILES string of the molecule is Nc1ccc(CCCOc2ccc(F)cc2[N+](=O)[O-])cc1. The number of nitrogens with zero attached hydrogens (tertiary/aromatic N) is 1. The van der Waals surface area contributed by atoms with Crippen molar-refractivity contribution in [2.45, 2.75) is 12.8 Å². The van der Waals surface area contributed by atoms with Gasteiger partial charge < -0.3 is 10.5 Å². The number of benzene rings is 2. The summed E-state index contributed by atoms with van der Waals surface area (Å²) in [6.45, 7) is 0.316. The largest absolute Gasteiger partial charge is 0.487 e. The highest BCUT2D eigenvalue weighted by Crippen LogP contribution is 2.27. The molecule has 0 saturated carbocycles. The number of anilines is 1. The van der Waals surface area contributed by atoms with Crippen molar-refractivity contribution in [1.29, 1.82) is 0 Å². The highest BCUT2D eigenvalue weighted by molar-refractivity contribution is 5.46. The van der Waals surface area contributed by atoms with Crippen LogP contribution in [0.3, 0.4) is 0 Å². The van der Waals surface area contributed by atoms with Crippen LogP contribution < -0.4 is 10.5 Å². The van der Waals surface area contributed by atoms with E-state index in [9.17, 15) is 14.5 Å². The van der Waals surface area contributed by atoms with Crippen LogP contribution in [-0.2, 0) is 6.42 Å². The molecule has 0 saturated heterocycles. The van der Waals surface area contributed by atoms with Crippen LogP contribution in [0.15, 0.2) is 42.5 Å². The molecule has 2 N–H and O–H groups in total. The van der Waals surface area contributed by atoms with Crippen LogP contribution in [-0.4, -0.2) is 11.5 Å². The van der Waals surface area contributed by atoms with E-state index >= 15 is 0 Å². The van der Waals surface area contributed by atoms with Gasteiger partial charge in [0.2, 0.25) is 0 Å². The summed E-state index contributed by atoms with van der Waals surface area (Å²) in [6.07, 6.45) is 1.47. The molecule has 2 aromatic rings. The summed E-state index contributed by atoms with van der Waals surface area (Å²) in [7, 11) is 0. The van der Waals surface area contributed by atoms with E-state index in [2.05, 4.69) is 0 Å². The van der Waals surface area contributed by atoms with Gasteiger partial charge in [-0.25, -0.2) is 4.39 Å². The van der Waals surface area contributed by atoms with Crippen molar-refractivity contribution >= 4 is 11.4 Å². The molecule has 0 atom stereocenters. The van der Waals surface area contributed by atoms with Gasteiger partial charge in [0.05, 0.1) is 17.6 Å². The number of ether oxygens (including phenoxy) is 1. The minimum Gasteiger partial charge on any atom is -0.487 e. The van der Waals surface area contributed by atoms with Crippen LogP contribution in [0.1, 0.15) is 12.0 Å². The Kier molecular flexibility index (Phi) is 4.71. The number of nitrogen functional groups attached to an aromatic ring is 1. The molecule has 0 bridgehead atoms. The third-order valence-corrected chi connectivity index (χ3v) is 2.96. The van der Waals surface area contributed by atoms with Crippen molar-refractivity contribution in [1.82, 2.24) is 0 Å². The lowest BCUT2D eigenvalue weighted by molar-refractivity contribution is -0.386. The van der Waals surface area contributed by atoms with Gasteiger partial charge in [0.25, 0.3) is 0 Å². The molecule has 0 spiro atoms. The minimum atomic E-state index is -0.657. The zero-order chi connectivity index (χ0) is 15.2. The van der Waals surface area contributed by atoms with Gasteiger partial charge in [0.15, 0.2) is 5.75 Å². The summed E-state index contributed by atoms with van der Waals surface area (Å²) in [5.41, 5.74) is 7.05. The molecule has 0 amide bonds. The fourth-order valence-corrected chi connectivity index (χ4v) is 1.90. The predicted octanol–water partition coefficient (Wildman–Crippen LogP) is 3.33. The molecule has 0 radical (unpaired) electrons. The summed E-state index contributed by atoms with van der Waals surface area (Å²) >= 11 is 0. The average Bonchev–Trinajstić information content (AvgIpc) is 2.46. The molecule has 2 rings (SSSR count). The van der Waals surface area contributed by atoms with Gasteiger partial charge in [0.1, 0.15) is 5.82 Å². The maximum Gasteiger partial charge on any atom is 0.313 e. The Morgan fingerprint density at radius 2 is 1.90 bits per heavy atom. The molecule has 6 heteroatoms. The molecule has 0 aliphatic rings. The van der Waals surface area contributed by atoms with Gasteiger partial charge in [-0.1, -0.05) is 12.1 Å². The molecule has 0 unspecified atom stereocenters. The lowest BCUT2D eigenvalue weighted by Crippen LogP contribution is -2.02. The highest BCUT2D eigenvalue weighted by atomic mass is 19.1.